The fourth-order valence-corrected chi connectivity index (χ4v) is 3.77. The van der Waals surface area contributed by atoms with Crippen LogP contribution in [0.5, 0.6) is 0 Å². The van der Waals surface area contributed by atoms with Crippen molar-refractivity contribution in [2.24, 2.45) is 7.05 Å². The van der Waals surface area contributed by atoms with E-state index < -0.39 is 10.0 Å². The van der Waals surface area contributed by atoms with Crippen molar-refractivity contribution >= 4 is 21.6 Å². The first-order valence-electron chi connectivity index (χ1n) is 6.94. The fourth-order valence-electron chi connectivity index (χ4n) is 2.11. The van der Waals surface area contributed by atoms with Crippen molar-refractivity contribution in [1.82, 2.24) is 19.1 Å². The van der Waals surface area contributed by atoms with Crippen LogP contribution in [0.1, 0.15) is 24.5 Å². The quantitative estimate of drug-likeness (QED) is 0.756. The van der Waals surface area contributed by atoms with Gasteiger partial charge in [-0.2, -0.15) is 9.40 Å². The molecule has 0 aromatic carbocycles. The molecule has 0 aliphatic heterocycles. The zero-order valence-electron chi connectivity index (χ0n) is 12.8. The number of rotatable bonds is 6. The summed E-state index contributed by atoms with van der Waals surface area (Å²) in [4.78, 5) is 4.10. The average Bonchev–Trinajstić information content (AvgIpc) is 2.86. The molecule has 2 aromatic rings. The van der Waals surface area contributed by atoms with Crippen LogP contribution in [0.4, 0.5) is 0 Å². The highest BCUT2D eigenvalue weighted by Crippen LogP contribution is 2.21. The van der Waals surface area contributed by atoms with Crippen LogP contribution in [0.3, 0.4) is 0 Å². The van der Waals surface area contributed by atoms with Crippen molar-refractivity contribution in [3.63, 3.8) is 0 Å². The smallest absolute Gasteiger partial charge is 0.244 e. The lowest BCUT2D eigenvalue weighted by atomic mass is 10.3. The van der Waals surface area contributed by atoms with E-state index in [4.69, 9.17) is 11.6 Å². The number of aryl methyl sites for hydroxylation is 2. The molecule has 0 spiro atoms. The molecule has 22 heavy (non-hydrogen) atoms. The Morgan fingerprint density at radius 1 is 1.36 bits per heavy atom. The van der Waals surface area contributed by atoms with Crippen molar-refractivity contribution in [2.45, 2.75) is 31.7 Å². The maximum absolute atomic E-state index is 12.8. The standard InChI is InChI=1S/C14H19ClN4O2S/c1-4-5-19(10-12-7-17-18(3)9-12)22(20,21)13-6-11(2)14(15)16-8-13/h6-9H,4-5,10H2,1-3H3. The molecule has 0 aliphatic carbocycles. The van der Waals surface area contributed by atoms with Crippen molar-refractivity contribution in [1.29, 1.82) is 0 Å². The Morgan fingerprint density at radius 3 is 2.64 bits per heavy atom. The Labute approximate surface area is 135 Å². The fraction of sp³-hybridized carbons (Fsp3) is 0.429. The third-order valence-electron chi connectivity index (χ3n) is 3.22. The molecule has 0 N–H and O–H groups in total. The van der Waals surface area contributed by atoms with Crippen LogP contribution in [-0.4, -0.2) is 34.0 Å². The SMILES string of the molecule is CCCN(Cc1cnn(C)c1)S(=O)(=O)c1cnc(Cl)c(C)c1. The Bertz CT molecular complexity index is 758. The minimum atomic E-state index is -3.62. The van der Waals surface area contributed by atoms with Gasteiger partial charge in [0.2, 0.25) is 10.0 Å². The number of halogens is 1. The van der Waals surface area contributed by atoms with Crippen LogP contribution in [0, 0.1) is 6.92 Å². The number of sulfonamides is 1. The number of hydrogen-bond acceptors (Lipinski definition) is 4. The third-order valence-corrected chi connectivity index (χ3v) is 5.42. The molecule has 0 amide bonds. The van der Waals surface area contributed by atoms with Crippen LogP contribution < -0.4 is 0 Å². The van der Waals surface area contributed by atoms with E-state index in [2.05, 4.69) is 10.1 Å². The topological polar surface area (TPSA) is 68.1 Å². The minimum absolute atomic E-state index is 0.159. The minimum Gasteiger partial charge on any atom is -0.275 e. The van der Waals surface area contributed by atoms with Gasteiger partial charge in [-0.05, 0) is 25.0 Å². The van der Waals surface area contributed by atoms with Crippen LogP contribution in [0.15, 0.2) is 29.6 Å². The number of aromatic nitrogens is 3. The Balaban J connectivity index is 2.34. The molecule has 120 valence electrons. The first kappa shape index (κ1) is 16.9. The number of hydrogen-bond donors (Lipinski definition) is 0. The Morgan fingerprint density at radius 2 is 2.09 bits per heavy atom. The van der Waals surface area contributed by atoms with E-state index >= 15 is 0 Å². The molecular formula is C14H19ClN4O2S. The molecular weight excluding hydrogens is 324 g/mol. The average molecular weight is 343 g/mol. The first-order chi connectivity index (χ1) is 10.3. The lowest BCUT2D eigenvalue weighted by molar-refractivity contribution is 0.405. The zero-order chi connectivity index (χ0) is 16.3. The predicted molar refractivity (Wildman–Crippen MR) is 85.1 cm³/mol. The van der Waals surface area contributed by atoms with E-state index in [9.17, 15) is 8.42 Å². The lowest BCUT2D eigenvalue weighted by Crippen LogP contribution is -2.31. The van der Waals surface area contributed by atoms with Crippen LogP contribution in [0.25, 0.3) is 0 Å². The van der Waals surface area contributed by atoms with Crippen molar-refractivity contribution in [3.8, 4) is 0 Å². The zero-order valence-corrected chi connectivity index (χ0v) is 14.4. The van der Waals surface area contributed by atoms with Gasteiger partial charge in [-0.15, -0.1) is 0 Å². The second-order valence-electron chi connectivity index (χ2n) is 5.14. The summed E-state index contributed by atoms with van der Waals surface area (Å²) < 4.78 is 28.7. The van der Waals surface area contributed by atoms with E-state index in [-0.39, 0.29) is 11.4 Å². The van der Waals surface area contributed by atoms with Gasteiger partial charge in [-0.3, -0.25) is 4.68 Å². The van der Waals surface area contributed by atoms with Crippen LogP contribution in [-0.2, 0) is 23.6 Å². The highest BCUT2D eigenvalue weighted by Gasteiger charge is 2.25. The largest absolute Gasteiger partial charge is 0.275 e. The molecule has 0 unspecified atom stereocenters. The summed E-state index contributed by atoms with van der Waals surface area (Å²) in [6.07, 6.45) is 5.50. The summed E-state index contributed by atoms with van der Waals surface area (Å²) in [6, 6.07) is 1.55. The van der Waals surface area contributed by atoms with E-state index in [1.165, 1.54) is 10.5 Å². The normalized spacial score (nSPS) is 12.0. The van der Waals surface area contributed by atoms with Crippen molar-refractivity contribution in [2.75, 3.05) is 6.54 Å². The third kappa shape index (κ3) is 3.66. The molecule has 2 aromatic heterocycles. The molecule has 6 nitrogen and oxygen atoms in total. The second-order valence-corrected chi connectivity index (χ2v) is 7.44. The van der Waals surface area contributed by atoms with Gasteiger partial charge in [0.1, 0.15) is 10.0 Å². The van der Waals surface area contributed by atoms with Gasteiger partial charge in [0.15, 0.2) is 0 Å². The van der Waals surface area contributed by atoms with Gasteiger partial charge in [-0.1, -0.05) is 18.5 Å². The van der Waals surface area contributed by atoms with E-state index in [0.717, 1.165) is 12.0 Å². The molecule has 0 saturated carbocycles. The van der Waals surface area contributed by atoms with Gasteiger partial charge in [0.05, 0.1) is 6.20 Å². The van der Waals surface area contributed by atoms with Gasteiger partial charge in [0, 0.05) is 38.1 Å². The van der Waals surface area contributed by atoms with E-state index in [1.807, 2.05) is 13.1 Å². The van der Waals surface area contributed by atoms with Gasteiger partial charge >= 0.3 is 0 Å². The molecule has 0 bridgehead atoms. The van der Waals surface area contributed by atoms with Gasteiger partial charge < -0.3 is 0 Å². The molecule has 0 saturated heterocycles. The van der Waals surface area contributed by atoms with Crippen LogP contribution >= 0.6 is 11.6 Å². The molecule has 0 radical (unpaired) electrons. The van der Waals surface area contributed by atoms with Crippen LogP contribution in [0.2, 0.25) is 5.15 Å². The molecule has 2 rings (SSSR count). The first-order valence-corrected chi connectivity index (χ1v) is 8.76. The van der Waals surface area contributed by atoms with Gasteiger partial charge in [-0.25, -0.2) is 13.4 Å². The summed E-state index contributed by atoms with van der Waals surface area (Å²) >= 11 is 5.87. The molecule has 2 heterocycles. The molecule has 8 heteroatoms. The highest BCUT2D eigenvalue weighted by molar-refractivity contribution is 7.89. The van der Waals surface area contributed by atoms with E-state index in [0.29, 0.717) is 17.3 Å². The summed E-state index contributed by atoms with van der Waals surface area (Å²) in [5.74, 6) is 0. The molecule has 0 aliphatic rings. The highest BCUT2D eigenvalue weighted by atomic mass is 35.5. The summed E-state index contributed by atoms with van der Waals surface area (Å²) in [6.45, 7) is 4.39. The maximum Gasteiger partial charge on any atom is 0.244 e. The number of pyridine rings is 1. The van der Waals surface area contributed by atoms with E-state index in [1.54, 1.807) is 30.9 Å². The van der Waals surface area contributed by atoms with Gasteiger partial charge in [0.25, 0.3) is 0 Å². The Hall–Kier alpha value is -1.44. The van der Waals surface area contributed by atoms with Crippen molar-refractivity contribution < 1.29 is 8.42 Å². The predicted octanol–water partition coefficient (Wildman–Crippen LogP) is 2.38. The maximum atomic E-state index is 12.8. The summed E-state index contributed by atoms with van der Waals surface area (Å²) in [5.41, 5.74) is 1.48. The molecule has 0 atom stereocenters. The number of nitrogens with zero attached hydrogens (tertiary/aromatic N) is 4. The van der Waals surface area contributed by atoms with Crippen molar-refractivity contribution in [3.05, 3.63) is 40.9 Å². The second kappa shape index (κ2) is 6.76. The molecule has 0 fully saturated rings. The lowest BCUT2D eigenvalue weighted by Gasteiger charge is -2.21. The summed E-state index contributed by atoms with van der Waals surface area (Å²) in [7, 11) is -1.82. The Kier molecular flexibility index (Phi) is 5.20. The summed E-state index contributed by atoms with van der Waals surface area (Å²) in [5, 5.41) is 4.39. The monoisotopic (exact) mass is 342 g/mol.